The highest BCUT2D eigenvalue weighted by Crippen LogP contribution is 2.28. The Morgan fingerprint density at radius 3 is 2.52 bits per heavy atom. The molecule has 1 aromatic heterocycles. The van der Waals surface area contributed by atoms with E-state index in [9.17, 15) is 18.4 Å². The van der Waals surface area contributed by atoms with Gasteiger partial charge in [-0.05, 0) is 18.2 Å². The van der Waals surface area contributed by atoms with Crippen LogP contribution in [0.1, 0.15) is 16.2 Å². The van der Waals surface area contributed by atoms with E-state index in [1.54, 1.807) is 24.3 Å². The molecule has 3 aromatic rings. The molecule has 0 saturated carbocycles. The molecule has 0 radical (unpaired) electrons. The quantitative estimate of drug-likeness (QED) is 0.497. The van der Waals surface area contributed by atoms with Gasteiger partial charge in [-0.1, -0.05) is 12.1 Å². The molecule has 0 bridgehead atoms. The summed E-state index contributed by atoms with van der Waals surface area (Å²) < 4.78 is 27.8. The lowest BCUT2D eigenvalue weighted by Crippen LogP contribution is -2.21. The lowest BCUT2D eigenvalue weighted by atomic mass is 10.1. The summed E-state index contributed by atoms with van der Waals surface area (Å²) in [6.45, 7) is 0. The van der Waals surface area contributed by atoms with Gasteiger partial charge in [0, 0.05) is 6.07 Å². The predicted octanol–water partition coefficient (Wildman–Crippen LogP) is 2.21. The standard InChI is InChI=1S/C15H6F2N2O2/c16-9-5-8-12(6-10(9)17)19-14(13(8)20)18-11-4-2-1-3-7(11)15(19)21/h1-6H. The third-order valence-corrected chi connectivity index (χ3v) is 3.50. The molecule has 0 saturated heterocycles. The topological polar surface area (TPSA) is 52.0 Å². The van der Waals surface area contributed by atoms with Crippen molar-refractivity contribution in [1.82, 2.24) is 9.55 Å². The van der Waals surface area contributed by atoms with Gasteiger partial charge >= 0.3 is 0 Å². The van der Waals surface area contributed by atoms with Gasteiger partial charge in [-0.25, -0.2) is 13.8 Å². The maximum Gasteiger partial charge on any atom is 0.266 e. The smallest absolute Gasteiger partial charge is 0.266 e. The Kier molecular flexibility index (Phi) is 2.16. The van der Waals surface area contributed by atoms with Crippen LogP contribution in [-0.4, -0.2) is 15.3 Å². The SMILES string of the molecule is O=C1c2cc(F)c(F)cc2-n2c1nc1ccccc1c2=O. The number of hydrogen-bond acceptors (Lipinski definition) is 3. The zero-order valence-electron chi connectivity index (χ0n) is 10.4. The average Bonchev–Trinajstić information content (AvgIpc) is 2.74. The van der Waals surface area contributed by atoms with Gasteiger partial charge in [0.2, 0.25) is 5.78 Å². The van der Waals surface area contributed by atoms with E-state index in [1.165, 1.54) is 0 Å². The molecule has 0 aliphatic carbocycles. The number of para-hydroxylation sites is 1. The maximum atomic E-state index is 13.4. The molecule has 0 spiro atoms. The molecule has 0 fully saturated rings. The van der Waals surface area contributed by atoms with E-state index in [0.717, 1.165) is 16.7 Å². The second kappa shape index (κ2) is 3.82. The highest BCUT2D eigenvalue weighted by Gasteiger charge is 2.31. The molecule has 1 aliphatic rings. The number of hydrogen-bond donors (Lipinski definition) is 0. The van der Waals surface area contributed by atoms with Crippen LogP contribution in [0.15, 0.2) is 41.2 Å². The van der Waals surface area contributed by atoms with Crippen molar-refractivity contribution in [3.63, 3.8) is 0 Å². The summed E-state index contributed by atoms with van der Waals surface area (Å²) in [4.78, 5) is 28.9. The summed E-state index contributed by atoms with van der Waals surface area (Å²) in [6, 6.07) is 8.18. The number of benzene rings is 2. The highest BCUT2D eigenvalue weighted by atomic mass is 19.2. The molecule has 6 heteroatoms. The first kappa shape index (κ1) is 11.9. The van der Waals surface area contributed by atoms with Crippen molar-refractivity contribution in [3.05, 3.63) is 69.8 Å². The van der Waals surface area contributed by atoms with Gasteiger partial charge in [0.1, 0.15) is 0 Å². The molecule has 0 amide bonds. The van der Waals surface area contributed by atoms with Gasteiger partial charge in [-0.2, -0.15) is 0 Å². The zero-order chi connectivity index (χ0) is 14.7. The molecule has 2 aromatic carbocycles. The van der Waals surface area contributed by atoms with Gasteiger partial charge in [-0.15, -0.1) is 0 Å². The van der Waals surface area contributed by atoms with Crippen molar-refractivity contribution >= 4 is 16.7 Å². The average molecular weight is 284 g/mol. The minimum atomic E-state index is -1.13. The van der Waals surface area contributed by atoms with Crippen LogP contribution in [0.5, 0.6) is 0 Å². The van der Waals surface area contributed by atoms with Crippen LogP contribution in [0, 0.1) is 11.6 Å². The number of carbonyl (C=O) groups is 1. The third-order valence-electron chi connectivity index (χ3n) is 3.50. The van der Waals surface area contributed by atoms with Crippen LogP contribution in [0.4, 0.5) is 8.78 Å². The monoisotopic (exact) mass is 284 g/mol. The van der Waals surface area contributed by atoms with Crippen LogP contribution >= 0.6 is 0 Å². The normalized spacial score (nSPS) is 12.6. The van der Waals surface area contributed by atoms with E-state index >= 15 is 0 Å². The fraction of sp³-hybridized carbons (Fsp3) is 0. The van der Waals surface area contributed by atoms with Crippen LogP contribution in [-0.2, 0) is 0 Å². The molecule has 0 unspecified atom stereocenters. The van der Waals surface area contributed by atoms with Gasteiger partial charge in [0.25, 0.3) is 5.56 Å². The largest absolute Gasteiger partial charge is 0.285 e. The van der Waals surface area contributed by atoms with Crippen molar-refractivity contribution in [1.29, 1.82) is 0 Å². The maximum absolute atomic E-state index is 13.4. The lowest BCUT2D eigenvalue weighted by Gasteiger charge is -2.05. The summed E-state index contributed by atoms with van der Waals surface area (Å²) in [5.41, 5.74) is -0.143. The van der Waals surface area contributed by atoms with Gasteiger partial charge in [0.15, 0.2) is 17.5 Å². The number of fused-ring (bicyclic) bond motifs is 4. The van der Waals surface area contributed by atoms with E-state index in [2.05, 4.69) is 4.98 Å². The van der Waals surface area contributed by atoms with Crippen LogP contribution in [0.3, 0.4) is 0 Å². The minimum Gasteiger partial charge on any atom is -0.285 e. The number of ketones is 1. The molecule has 2 heterocycles. The molecule has 1 aliphatic heterocycles. The lowest BCUT2D eigenvalue weighted by molar-refractivity contribution is 0.103. The molecule has 4 rings (SSSR count). The van der Waals surface area contributed by atoms with E-state index in [-0.39, 0.29) is 17.1 Å². The Balaban J connectivity index is 2.19. The number of aromatic nitrogens is 2. The van der Waals surface area contributed by atoms with E-state index in [0.29, 0.717) is 10.9 Å². The summed E-state index contributed by atoms with van der Waals surface area (Å²) in [6.07, 6.45) is 0. The Morgan fingerprint density at radius 2 is 1.71 bits per heavy atom. The molecule has 21 heavy (non-hydrogen) atoms. The number of halogens is 2. The van der Waals surface area contributed by atoms with E-state index < -0.39 is 23.0 Å². The Labute approximate surface area is 116 Å². The Hall–Kier alpha value is -2.89. The van der Waals surface area contributed by atoms with E-state index in [1.807, 2.05) is 0 Å². The van der Waals surface area contributed by atoms with Gasteiger partial charge < -0.3 is 0 Å². The minimum absolute atomic E-state index is 0.0251. The van der Waals surface area contributed by atoms with E-state index in [4.69, 9.17) is 0 Å². The third kappa shape index (κ3) is 1.44. The van der Waals surface area contributed by atoms with Crippen molar-refractivity contribution in [2.45, 2.75) is 0 Å². The molecular weight excluding hydrogens is 278 g/mol. The van der Waals surface area contributed by atoms with Crippen LogP contribution in [0.2, 0.25) is 0 Å². The first-order valence-corrected chi connectivity index (χ1v) is 6.14. The number of carbonyl (C=O) groups excluding carboxylic acids is 1. The van der Waals surface area contributed by atoms with Gasteiger partial charge in [0.05, 0.1) is 22.2 Å². The molecule has 102 valence electrons. The summed E-state index contributed by atoms with van der Waals surface area (Å²) in [5, 5.41) is 0.312. The van der Waals surface area contributed by atoms with Gasteiger partial charge in [-0.3, -0.25) is 14.2 Å². The van der Waals surface area contributed by atoms with Crippen molar-refractivity contribution in [2.24, 2.45) is 0 Å². The van der Waals surface area contributed by atoms with Crippen molar-refractivity contribution in [2.75, 3.05) is 0 Å². The van der Waals surface area contributed by atoms with Crippen molar-refractivity contribution in [3.8, 4) is 5.69 Å². The summed E-state index contributed by atoms with van der Waals surface area (Å²) >= 11 is 0. The fourth-order valence-electron chi connectivity index (χ4n) is 2.53. The summed E-state index contributed by atoms with van der Waals surface area (Å²) in [7, 11) is 0. The summed E-state index contributed by atoms with van der Waals surface area (Å²) in [5.74, 6) is -2.97. The fourth-order valence-corrected chi connectivity index (χ4v) is 2.53. The number of nitrogens with zero attached hydrogens (tertiary/aromatic N) is 2. The molecular formula is C15H6F2N2O2. The van der Waals surface area contributed by atoms with Crippen LogP contribution in [0.25, 0.3) is 16.6 Å². The first-order valence-electron chi connectivity index (χ1n) is 6.14. The number of rotatable bonds is 0. The Bertz CT molecular complexity index is 1010. The molecule has 0 atom stereocenters. The Morgan fingerprint density at radius 1 is 1.00 bits per heavy atom. The second-order valence-electron chi connectivity index (χ2n) is 4.71. The molecule has 4 nitrogen and oxygen atoms in total. The van der Waals surface area contributed by atoms with Crippen molar-refractivity contribution < 1.29 is 13.6 Å². The molecule has 0 N–H and O–H groups in total. The zero-order valence-corrected chi connectivity index (χ0v) is 10.4. The van der Waals surface area contributed by atoms with Crippen LogP contribution < -0.4 is 5.56 Å². The first-order chi connectivity index (χ1) is 10.1. The second-order valence-corrected chi connectivity index (χ2v) is 4.71. The predicted molar refractivity (Wildman–Crippen MR) is 70.7 cm³/mol. The highest BCUT2D eigenvalue weighted by molar-refractivity contribution is 6.13.